The number of halogens is 1. The van der Waals surface area contributed by atoms with Gasteiger partial charge in [-0.3, -0.25) is 14.9 Å². The Balaban J connectivity index is 2.36. The van der Waals surface area contributed by atoms with E-state index < -0.39 is 6.04 Å². The number of carbonyl (C=O) groups is 2. The summed E-state index contributed by atoms with van der Waals surface area (Å²) in [7, 11) is 0. The Hall–Kier alpha value is -1.69. The molecule has 2 heterocycles. The van der Waals surface area contributed by atoms with Crippen LogP contribution in [-0.2, 0) is 9.59 Å². The van der Waals surface area contributed by atoms with Crippen LogP contribution in [0.3, 0.4) is 0 Å². The number of nitrogens with zero attached hydrogens (tertiary/aromatic N) is 3. The van der Waals surface area contributed by atoms with Crippen molar-refractivity contribution >= 4 is 29.2 Å². The Morgan fingerprint density at radius 3 is 2.81 bits per heavy atom. The van der Waals surface area contributed by atoms with Gasteiger partial charge in [-0.25, -0.2) is 9.97 Å². The van der Waals surface area contributed by atoms with Gasteiger partial charge in [-0.15, -0.1) is 0 Å². The maximum Gasteiger partial charge on any atom is 0.249 e. The maximum absolute atomic E-state index is 11.4. The first-order valence-corrected chi connectivity index (χ1v) is 5.04. The molecule has 2 rings (SSSR count). The second-order valence-electron chi connectivity index (χ2n) is 3.39. The smallest absolute Gasteiger partial charge is 0.249 e. The minimum Gasteiger partial charge on any atom is -0.333 e. The molecule has 1 aromatic rings. The summed E-state index contributed by atoms with van der Waals surface area (Å²) in [6.45, 7) is 1.72. The van der Waals surface area contributed by atoms with E-state index in [0.29, 0.717) is 5.82 Å². The van der Waals surface area contributed by atoms with Crippen molar-refractivity contribution in [1.82, 2.24) is 15.3 Å². The molecule has 0 radical (unpaired) electrons. The molecule has 0 aliphatic carbocycles. The first-order valence-electron chi connectivity index (χ1n) is 4.66. The van der Waals surface area contributed by atoms with Crippen LogP contribution < -0.4 is 10.2 Å². The van der Waals surface area contributed by atoms with Gasteiger partial charge in [-0.1, -0.05) is 11.6 Å². The minimum absolute atomic E-state index is 0.0469. The van der Waals surface area contributed by atoms with Gasteiger partial charge >= 0.3 is 0 Å². The highest BCUT2D eigenvalue weighted by molar-refractivity contribution is 6.31. The average Bonchev–Trinajstić information content (AvgIpc) is 2.24. The zero-order valence-electron chi connectivity index (χ0n) is 8.48. The number of amides is 2. The molecule has 0 aromatic carbocycles. The number of hydrogen-bond acceptors (Lipinski definition) is 5. The number of rotatable bonds is 1. The highest BCUT2D eigenvalue weighted by atomic mass is 35.5. The summed E-state index contributed by atoms with van der Waals surface area (Å²) in [6.07, 6.45) is 2.91. The molecule has 16 heavy (non-hydrogen) atoms. The molecule has 6 nitrogen and oxygen atoms in total. The van der Waals surface area contributed by atoms with Gasteiger partial charge < -0.3 is 4.90 Å². The van der Waals surface area contributed by atoms with E-state index in [1.54, 1.807) is 6.92 Å². The van der Waals surface area contributed by atoms with Crippen molar-refractivity contribution in [3.05, 3.63) is 17.5 Å². The molecule has 1 aliphatic heterocycles. The Bertz CT molecular complexity index is 451. The van der Waals surface area contributed by atoms with Crippen molar-refractivity contribution in [3.8, 4) is 0 Å². The van der Waals surface area contributed by atoms with E-state index >= 15 is 0 Å². The maximum atomic E-state index is 11.4. The number of imide groups is 1. The summed E-state index contributed by atoms with van der Waals surface area (Å²) < 4.78 is 0. The molecule has 7 heteroatoms. The quantitative estimate of drug-likeness (QED) is 0.699. The molecule has 1 N–H and O–H groups in total. The summed E-state index contributed by atoms with van der Waals surface area (Å²) in [5.41, 5.74) is 0. The van der Waals surface area contributed by atoms with Crippen LogP contribution in [0.2, 0.25) is 5.15 Å². The molecule has 1 saturated heterocycles. The molecule has 1 aliphatic rings. The molecule has 1 aromatic heterocycles. The lowest BCUT2D eigenvalue weighted by Gasteiger charge is -2.32. The molecule has 1 unspecified atom stereocenters. The van der Waals surface area contributed by atoms with Crippen LogP contribution in [0.1, 0.15) is 6.92 Å². The Morgan fingerprint density at radius 2 is 2.12 bits per heavy atom. The second kappa shape index (κ2) is 4.05. The number of aromatic nitrogens is 2. The molecular formula is C9H9ClN4O2. The Kier molecular flexibility index (Phi) is 2.74. The summed E-state index contributed by atoms with van der Waals surface area (Å²) in [5.74, 6) is -0.386. The average molecular weight is 241 g/mol. The van der Waals surface area contributed by atoms with Crippen molar-refractivity contribution in [2.75, 3.05) is 11.4 Å². The van der Waals surface area contributed by atoms with Crippen molar-refractivity contribution < 1.29 is 9.59 Å². The highest BCUT2D eigenvalue weighted by Crippen LogP contribution is 2.22. The molecule has 84 valence electrons. The number of piperazine rings is 1. The van der Waals surface area contributed by atoms with Crippen LogP contribution in [0.4, 0.5) is 5.82 Å². The molecular weight excluding hydrogens is 232 g/mol. The third-order valence-corrected chi connectivity index (χ3v) is 2.60. The van der Waals surface area contributed by atoms with Crippen molar-refractivity contribution in [2.45, 2.75) is 13.0 Å². The van der Waals surface area contributed by atoms with Gasteiger partial charge in [0.25, 0.3) is 0 Å². The first-order chi connectivity index (χ1) is 7.59. The normalized spacial score (nSPS) is 20.9. The van der Waals surface area contributed by atoms with Crippen LogP contribution in [0.15, 0.2) is 12.4 Å². The van der Waals surface area contributed by atoms with Crippen molar-refractivity contribution in [3.63, 3.8) is 0 Å². The Labute approximate surface area is 96.6 Å². The van der Waals surface area contributed by atoms with E-state index in [2.05, 4.69) is 15.3 Å². The van der Waals surface area contributed by atoms with Crippen LogP contribution in [-0.4, -0.2) is 34.4 Å². The van der Waals surface area contributed by atoms with E-state index in [1.807, 2.05) is 0 Å². The van der Waals surface area contributed by atoms with Gasteiger partial charge in [0.2, 0.25) is 11.8 Å². The zero-order chi connectivity index (χ0) is 11.7. The lowest BCUT2D eigenvalue weighted by Crippen LogP contribution is -2.57. The lowest BCUT2D eigenvalue weighted by molar-refractivity contribution is -0.132. The van der Waals surface area contributed by atoms with Crippen molar-refractivity contribution in [2.24, 2.45) is 0 Å². The molecule has 0 saturated carbocycles. The van der Waals surface area contributed by atoms with E-state index in [0.717, 1.165) is 0 Å². The molecule has 0 spiro atoms. The second-order valence-corrected chi connectivity index (χ2v) is 3.75. The fraction of sp³-hybridized carbons (Fsp3) is 0.333. The molecule has 2 amide bonds. The Morgan fingerprint density at radius 1 is 1.44 bits per heavy atom. The van der Waals surface area contributed by atoms with Crippen LogP contribution >= 0.6 is 11.6 Å². The first kappa shape index (κ1) is 10.8. The van der Waals surface area contributed by atoms with Gasteiger partial charge in [-0.05, 0) is 6.92 Å². The molecule has 0 bridgehead atoms. The third-order valence-electron chi connectivity index (χ3n) is 2.33. The van der Waals surface area contributed by atoms with Gasteiger partial charge in [0.1, 0.15) is 6.04 Å². The fourth-order valence-corrected chi connectivity index (χ4v) is 1.69. The standard InChI is InChI=1S/C9H9ClN4O2/c1-5-9(16)13-6(15)4-14(5)8-7(10)11-2-3-12-8/h2-3,5H,4H2,1H3,(H,13,15,16). The summed E-state index contributed by atoms with van der Waals surface area (Å²) in [6, 6.07) is -0.494. The van der Waals surface area contributed by atoms with E-state index in [1.165, 1.54) is 17.3 Å². The topological polar surface area (TPSA) is 75.2 Å². The number of anilines is 1. The number of hydrogen-bond donors (Lipinski definition) is 1. The van der Waals surface area contributed by atoms with Crippen LogP contribution in [0.5, 0.6) is 0 Å². The number of carbonyl (C=O) groups excluding carboxylic acids is 2. The highest BCUT2D eigenvalue weighted by Gasteiger charge is 2.32. The monoisotopic (exact) mass is 240 g/mol. The summed E-state index contributed by atoms with van der Waals surface area (Å²) >= 11 is 5.86. The minimum atomic E-state index is -0.494. The fourth-order valence-electron chi connectivity index (χ4n) is 1.48. The molecule has 1 fully saturated rings. The largest absolute Gasteiger partial charge is 0.333 e. The number of nitrogens with one attached hydrogen (secondary N) is 1. The SMILES string of the molecule is CC1C(=O)NC(=O)CN1c1nccnc1Cl. The van der Waals surface area contributed by atoms with Gasteiger partial charge in [-0.2, -0.15) is 0 Å². The van der Waals surface area contributed by atoms with Gasteiger partial charge in [0.15, 0.2) is 11.0 Å². The van der Waals surface area contributed by atoms with Crippen molar-refractivity contribution in [1.29, 1.82) is 0 Å². The molecule has 1 atom stereocenters. The van der Waals surface area contributed by atoms with E-state index in [-0.39, 0.29) is 23.5 Å². The van der Waals surface area contributed by atoms with E-state index in [4.69, 9.17) is 11.6 Å². The van der Waals surface area contributed by atoms with E-state index in [9.17, 15) is 9.59 Å². The van der Waals surface area contributed by atoms with Crippen LogP contribution in [0, 0.1) is 0 Å². The zero-order valence-corrected chi connectivity index (χ0v) is 9.23. The van der Waals surface area contributed by atoms with Gasteiger partial charge in [0.05, 0.1) is 6.54 Å². The van der Waals surface area contributed by atoms with Crippen LogP contribution in [0.25, 0.3) is 0 Å². The summed E-state index contributed by atoms with van der Waals surface area (Å²) in [4.78, 5) is 32.1. The summed E-state index contributed by atoms with van der Waals surface area (Å²) in [5, 5.41) is 2.42. The lowest BCUT2D eigenvalue weighted by atomic mass is 10.2. The predicted octanol–water partition coefficient (Wildman–Crippen LogP) is -0.0187. The van der Waals surface area contributed by atoms with Gasteiger partial charge in [0, 0.05) is 12.4 Å². The third kappa shape index (κ3) is 1.83. The predicted molar refractivity (Wildman–Crippen MR) is 57.0 cm³/mol.